The van der Waals surface area contributed by atoms with E-state index in [0.717, 1.165) is 20.7 Å². The molecule has 2 aromatic heterocycles. The second-order valence-electron chi connectivity index (χ2n) is 5.27. The summed E-state index contributed by atoms with van der Waals surface area (Å²) in [6.07, 6.45) is 0. The van der Waals surface area contributed by atoms with Gasteiger partial charge in [0.25, 0.3) is 0 Å². The summed E-state index contributed by atoms with van der Waals surface area (Å²) in [7, 11) is 0. The minimum absolute atomic E-state index is 0.262. The number of anilines is 1. The quantitative estimate of drug-likeness (QED) is 0.553. The van der Waals surface area contributed by atoms with Crippen LogP contribution < -0.4 is 10.9 Å². The van der Waals surface area contributed by atoms with E-state index < -0.39 is 0 Å². The van der Waals surface area contributed by atoms with E-state index in [1.165, 1.54) is 15.9 Å². The van der Waals surface area contributed by atoms with Crippen LogP contribution >= 0.6 is 27.3 Å². The van der Waals surface area contributed by atoms with Crippen molar-refractivity contribution >= 4 is 37.9 Å². The summed E-state index contributed by atoms with van der Waals surface area (Å²) in [5.41, 5.74) is 1.75. The Kier molecular flexibility index (Phi) is 4.29. The molecule has 0 aliphatic carbocycles. The van der Waals surface area contributed by atoms with Gasteiger partial charge in [0.2, 0.25) is 4.96 Å². The SMILES string of the molecule is O=c1c(-c2ccccc2)nnc2sc(CNc3ccc(Br)cc3)nn12. The van der Waals surface area contributed by atoms with E-state index in [4.69, 9.17) is 0 Å². The number of halogens is 1. The van der Waals surface area contributed by atoms with E-state index in [2.05, 4.69) is 36.5 Å². The highest BCUT2D eigenvalue weighted by molar-refractivity contribution is 9.10. The number of aromatic nitrogens is 4. The number of nitrogens with zero attached hydrogens (tertiary/aromatic N) is 4. The van der Waals surface area contributed by atoms with E-state index in [0.29, 0.717) is 17.2 Å². The molecule has 0 spiro atoms. The van der Waals surface area contributed by atoms with Crippen LogP contribution in [-0.4, -0.2) is 19.8 Å². The Labute approximate surface area is 155 Å². The summed E-state index contributed by atoms with van der Waals surface area (Å²) in [6.45, 7) is 0.510. The molecule has 0 atom stereocenters. The van der Waals surface area contributed by atoms with Gasteiger partial charge >= 0.3 is 5.56 Å². The summed E-state index contributed by atoms with van der Waals surface area (Å²) in [6, 6.07) is 17.1. The smallest absolute Gasteiger partial charge is 0.302 e. The van der Waals surface area contributed by atoms with Crippen LogP contribution in [0.2, 0.25) is 0 Å². The molecule has 0 saturated carbocycles. The van der Waals surface area contributed by atoms with Crippen LogP contribution in [0.15, 0.2) is 63.9 Å². The predicted molar refractivity (Wildman–Crippen MR) is 102 cm³/mol. The Bertz CT molecular complexity index is 1080. The monoisotopic (exact) mass is 413 g/mol. The maximum Gasteiger partial charge on any atom is 0.302 e. The Morgan fingerprint density at radius 1 is 1.04 bits per heavy atom. The van der Waals surface area contributed by atoms with Crippen LogP contribution in [-0.2, 0) is 6.54 Å². The second-order valence-corrected chi connectivity index (χ2v) is 7.23. The molecule has 2 heterocycles. The van der Waals surface area contributed by atoms with Gasteiger partial charge in [-0.05, 0) is 24.3 Å². The molecule has 8 heteroatoms. The number of rotatable bonds is 4. The molecule has 0 aliphatic heterocycles. The molecular formula is C17H12BrN5OS. The number of nitrogens with one attached hydrogen (secondary N) is 1. The molecule has 25 heavy (non-hydrogen) atoms. The topological polar surface area (TPSA) is 72.2 Å². The van der Waals surface area contributed by atoms with Crippen LogP contribution in [0.3, 0.4) is 0 Å². The average molecular weight is 414 g/mol. The van der Waals surface area contributed by atoms with Crippen molar-refractivity contribution in [1.29, 1.82) is 0 Å². The lowest BCUT2D eigenvalue weighted by Gasteiger charge is -2.03. The highest BCUT2D eigenvalue weighted by atomic mass is 79.9. The van der Waals surface area contributed by atoms with Gasteiger partial charge < -0.3 is 5.32 Å². The number of benzene rings is 2. The van der Waals surface area contributed by atoms with Crippen molar-refractivity contribution in [3.8, 4) is 11.3 Å². The molecule has 0 fully saturated rings. The molecule has 0 aliphatic rings. The minimum atomic E-state index is -0.262. The number of hydrogen-bond acceptors (Lipinski definition) is 6. The molecule has 0 bridgehead atoms. The lowest BCUT2D eigenvalue weighted by atomic mass is 10.2. The molecule has 0 amide bonds. The zero-order valence-corrected chi connectivity index (χ0v) is 15.3. The van der Waals surface area contributed by atoms with Gasteiger partial charge in [0, 0.05) is 15.7 Å². The third-order valence-electron chi connectivity index (χ3n) is 3.57. The largest absolute Gasteiger partial charge is 0.378 e. The fourth-order valence-electron chi connectivity index (χ4n) is 2.35. The molecule has 4 rings (SSSR count). The van der Waals surface area contributed by atoms with Crippen LogP contribution in [0.5, 0.6) is 0 Å². The van der Waals surface area contributed by atoms with E-state index >= 15 is 0 Å². The molecule has 0 radical (unpaired) electrons. The predicted octanol–water partition coefficient (Wildman–Crippen LogP) is 3.59. The Morgan fingerprint density at radius 2 is 1.80 bits per heavy atom. The Hall–Kier alpha value is -2.58. The van der Waals surface area contributed by atoms with Crippen LogP contribution in [0, 0.1) is 0 Å². The van der Waals surface area contributed by atoms with Crippen LogP contribution in [0.25, 0.3) is 16.2 Å². The highest BCUT2D eigenvalue weighted by Crippen LogP contribution is 2.17. The molecule has 4 aromatic rings. The maximum absolute atomic E-state index is 12.6. The van der Waals surface area contributed by atoms with Crippen molar-refractivity contribution in [2.45, 2.75) is 6.54 Å². The van der Waals surface area contributed by atoms with E-state index in [9.17, 15) is 4.79 Å². The summed E-state index contributed by atoms with van der Waals surface area (Å²) in [5.74, 6) is 0. The Balaban J connectivity index is 1.63. The van der Waals surface area contributed by atoms with E-state index in [1.54, 1.807) is 0 Å². The minimum Gasteiger partial charge on any atom is -0.378 e. The van der Waals surface area contributed by atoms with Gasteiger partial charge in [-0.2, -0.15) is 9.61 Å². The van der Waals surface area contributed by atoms with Gasteiger partial charge in [-0.1, -0.05) is 57.6 Å². The zero-order valence-electron chi connectivity index (χ0n) is 12.9. The van der Waals surface area contributed by atoms with Crippen LogP contribution in [0.4, 0.5) is 5.69 Å². The molecule has 6 nitrogen and oxygen atoms in total. The zero-order chi connectivity index (χ0) is 17.2. The van der Waals surface area contributed by atoms with Crippen molar-refractivity contribution < 1.29 is 0 Å². The van der Waals surface area contributed by atoms with Gasteiger partial charge in [0.15, 0.2) is 5.69 Å². The molecule has 124 valence electrons. The molecule has 2 aromatic carbocycles. The summed E-state index contributed by atoms with van der Waals surface area (Å²) >= 11 is 4.75. The Morgan fingerprint density at radius 3 is 2.56 bits per heavy atom. The van der Waals surface area contributed by atoms with Crippen molar-refractivity contribution in [1.82, 2.24) is 19.8 Å². The van der Waals surface area contributed by atoms with Crippen molar-refractivity contribution in [2.24, 2.45) is 0 Å². The van der Waals surface area contributed by atoms with Gasteiger partial charge in [-0.15, -0.1) is 10.2 Å². The first-order chi connectivity index (χ1) is 12.2. The first-order valence-electron chi connectivity index (χ1n) is 7.51. The molecule has 0 saturated heterocycles. The first kappa shape index (κ1) is 15.9. The van der Waals surface area contributed by atoms with Crippen molar-refractivity contribution in [2.75, 3.05) is 5.32 Å². The van der Waals surface area contributed by atoms with E-state index in [1.807, 2.05) is 54.6 Å². The van der Waals surface area contributed by atoms with Crippen LogP contribution in [0.1, 0.15) is 5.01 Å². The fraction of sp³-hybridized carbons (Fsp3) is 0.0588. The summed E-state index contributed by atoms with van der Waals surface area (Å²) in [4.78, 5) is 13.1. The lowest BCUT2D eigenvalue weighted by molar-refractivity contribution is 0.834. The third kappa shape index (κ3) is 3.31. The highest BCUT2D eigenvalue weighted by Gasteiger charge is 2.13. The maximum atomic E-state index is 12.6. The van der Waals surface area contributed by atoms with E-state index in [-0.39, 0.29) is 5.56 Å². The van der Waals surface area contributed by atoms with Gasteiger partial charge in [-0.25, -0.2) is 0 Å². The first-order valence-corrected chi connectivity index (χ1v) is 9.12. The van der Waals surface area contributed by atoms with Gasteiger partial charge in [0.1, 0.15) is 5.01 Å². The molecule has 0 unspecified atom stereocenters. The average Bonchev–Trinajstić information content (AvgIpc) is 3.06. The summed E-state index contributed by atoms with van der Waals surface area (Å²) in [5, 5.41) is 16.6. The normalized spacial score (nSPS) is 10.9. The van der Waals surface area contributed by atoms with Gasteiger partial charge in [0.05, 0.1) is 6.54 Å². The number of hydrogen-bond donors (Lipinski definition) is 1. The van der Waals surface area contributed by atoms with Gasteiger partial charge in [-0.3, -0.25) is 4.79 Å². The van der Waals surface area contributed by atoms with Crippen molar-refractivity contribution in [3.05, 3.63) is 74.4 Å². The molecule has 1 N–H and O–H groups in total. The summed E-state index contributed by atoms with van der Waals surface area (Å²) < 4.78 is 2.34. The third-order valence-corrected chi connectivity index (χ3v) is 4.99. The second kappa shape index (κ2) is 6.73. The fourth-order valence-corrected chi connectivity index (χ4v) is 3.38. The van der Waals surface area contributed by atoms with Crippen molar-refractivity contribution in [3.63, 3.8) is 0 Å². The standard InChI is InChI=1S/C17H12BrN5OS/c18-12-6-8-13(9-7-12)19-10-14-22-23-16(24)15(20-21-17(23)25-14)11-4-2-1-3-5-11/h1-9,19H,10H2. The lowest BCUT2D eigenvalue weighted by Crippen LogP contribution is -2.19. The number of fused-ring (bicyclic) bond motifs is 1. The molecular weight excluding hydrogens is 402 g/mol.